The Morgan fingerprint density at radius 1 is 1.07 bits per heavy atom. The summed E-state index contributed by atoms with van der Waals surface area (Å²) in [5.74, 6) is 0.260. The zero-order valence-corrected chi connectivity index (χ0v) is 20.5. The number of ether oxygens (including phenoxy) is 1. The van der Waals surface area contributed by atoms with E-state index in [0.29, 0.717) is 18.7 Å². The first-order valence-corrected chi connectivity index (χ1v) is 11.2. The molecule has 0 spiro atoms. The van der Waals surface area contributed by atoms with Gasteiger partial charge in [0.15, 0.2) is 6.61 Å². The molecule has 2 aromatic carbocycles. The molecular formula is C24H31IN2O3. The highest BCUT2D eigenvalue weighted by Crippen LogP contribution is 2.17. The van der Waals surface area contributed by atoms with Gasteiger partial charge in [0.25, 0.3) is 5.91 Å². The van der Waals surface area contributed by atoms with Crippen LogP contribution in [0.3, 0.4) is 0 Å². The van der Waals surface area contributed by atoms with E-state index in [1.54, 1.807) is 4.90 Å². The fraction of sp³-hybridized carbons (Fsp3) is 0.417. The van der Waals surface area contributed by atoms with Crippen LogP contribution >= 0.6 is 22.6 Å². The number of nitrogens with one attached hydrogen (secondary N) is 1. The second-order valence-electron chi connectivity index (χ2n) is 8.41. The molecule has 0 unspecified atom stereocenters. The van der Waals surface area contributed by atoms with E-state index in [1.165, 1.54) is 0 Å². The van der Waals surface area contributed by atoms with Crippen LogP contribution in [0.15, 0.2) is 48.5 Å². The number of benzene rings is 2. The molecule has 0 saturated heterocycles. The Labute approximate surface area is 193 Å². The maximum atomic E-state index is 13.1. The third-order valence-corrected chi connectivity index (χ3v) is 5.25. The van der Waals surface area contributed by atoms with Crippen molar-refractivity contribution in [2.75, 3.05) is 6.61 Å². The smallest absolute Gasteiger partial charge is 0.261 e. The Bertz CT molecular complexity index is 842. The predicted molar refractivity (Wildman–Crippen MR) is 128 cm³/mol. The molecule has 0 bridgehead atoms. The van der Waals surface area contributed by atoms with Crippen molar-refractivity contribution in [2.45, 2.75) is 59.2 Å². The summed E-state index contributed by atoms with van der Waals surface area (Å²) >= 11 is 2.22. The number of nitrogens with zero attached hydrogens (tertiary/aromatic N) is 1. The fourth-order valence-corrected chi connectivity index (χ4v) is 3.38. The lowest BCUT2D eigenvalue weighted by molar-refractivity contribution is -0.143. The van der Waals surface area contributed by atoms with Crippen molar-refractivity contribution in [1.82, 2.24) is 10.2 Å². The Kier molecular flexibility index (Phi) is 8.70. The van der Waals surface area contributed by atoms with Gasteiger partial charge in [-0.25, -0.2) is 0 Å². The number of amides is 2. The molecule has 162 valence electrons. The molecule has 0 aromatic heterocycles. The van der Waals surface area contributed by atoms with Crippen molar-refractivity contribution in [2.24, 2.45) is 0 Å². The van der Waals surface area contributed by atoms with E-state index in [0.717, 1.165) is 14.7 Å². The van der Waals surface area contributed by atoms with Crippen molar-refractivity contribution >= 4 is 34.4 Å². The Morgan fingerprint density at radius 2 is 1.67 bits per heavy atom. The largest absolute Gasteiger partial charge is 0.484 e. The van der Waals surface area contributed by atoms with Gasteiger partial charge in [-0.3, -0.25) is 9.59 Å². The quantitative estimate of drug-likeness (QED) is 0.512. The molecule has 0 radical (unpaired) electrons. The van der Waals surface area contributed by atoms with Crippen LogP contribution in [-0.4, -0.2) is 34.9 Å². The molecule has 1 N–H and O–H groups in total. The molecule has 0 aliphatic rings. The lowest BCUT2D eigenvalue weighted by atomic mass is 10.1. The number of aryl methyl sites for hydroxylation is 1. The summed E-state index contributed by atoms with van der Waals surface area (Å²) in [7, 11) is 0. The minimum Gasteiger partial charge on any atom is -0.484 e. The standard InChI is InChI=1S/C24H31IN2O3/c1-6-21(23(29)26-24(3,4)5)27(15-18-9-7-17(2)8-10-18)22(28)16-30-20-13-11-19(25)12-14-20/h7-14,21H,6,15-16H2,1-5H3,(H,26,29)/t21-/m0/s1. The highest BCUT2D eigenvalue weighted by atomic mass is 127. The minimum atomic E-state index is -0.571. The summed E-state index contributed by atoms with van der Waals surface area (Å²) in [6.45, 7) is 9.98. The summed E-state index contributed by atoms with van der Waals surface area (Å²) in [6.07, 6.45) is 0.517. The highest BCUT2D eigenvalue weighted by molar-refractivity contribution is 14.1. The Hall–Kier alpha value is -2.09. The van der Waals surface area contributed by atoms with Crippen LogP contribution in [0.2, 0.25) is 0 Å². The van der Waals surface area contributed by atoms with Crippen molar-refractivity contribution in [3.8, 4) is 5.75 Å². The first-order chi connectivity index (χ1) is 14.1. The molecule has 0 aliphatic carbocycles. The van der Waals surface area contributed by atoms with Gasteiger partial charge in [-0.1, -0.05) is 36.8 Å². The second kappa shape index (κ2) is 10.8. The van der Waals surface area contributed by atoms with E-state index in [4.69, 9.17) is 4.74 Å². The minimum absolute atomic E-state index is 0.119. The van der Waals surface area contributed by atoms with Crippen LogP contribution in [-0.2, 0) is 16.1 Å². The van der Waals surface area contributed by atoms with Crippen LogP contribution in [0.4, 0.5) is 0 Å². The predicted octanol–water partition coefficient (Wildman–Crippen LogP) is 4.70. The molecule has 0 saturated carbocycles. The van der Waals surface area contributed by atoms with Gasteiger partial charge in [-0.2, -0.15) is 0 Å². The molecule has 6 heteroatoms. The molecule has 2 aromatic rings. The van der Waals surface area contributed by atoms with Crippen molar-refractivity contribution < 1.29 is 14.3 Å². The van der Waals surface area contributed by atoms with Crippen LogP contribution in [0.1, 0.15) is 45.2 Å². The van der Waals surface area contributed by atoms with Crippen molar-refractivity contribution in [3.63, 3.8) is 0 Å². The van der Waals surface area contributed by atoms with E-state index >= 15 is 0 Å². The monoisotopic (exact) mass is 522 g/mol. The molecular weight excluding hydrogens is 491 g/mol. The maximum absolute atomic E-state index is 13.1. The average Bonchev–Trinajstić information content (AvgIpc) is 2.67. The van der Waals surface area contributed by atoms with Gasteiger partial charge in [0.2, 0.25) is 5.91 Å². The normalized spacial score (nSPS) is 12.2. The number of halogens is 1. The summed E-state index contributed by atoms with van der Waals surface area (Å²) in [5.41, 5.74) is 1.75. The number of carbonyl (C=O) groups excluding carboxylic acids is 2. The second-order valence-corrected chi connectivity index (χ2v) is 9.66. The zero-order valence-electron chi connectivity index (χ0n) is 18.4. The van der Waals surface area contributed by atoms with Crippen molar-refractivity contribution in [3.05, 3.63) is 63.2 Å². The number of hydrogen-bond donors (Lipinski definition) is 1. The Balaban J connectivity index is 2.21. The third-order valence-electron chi connectivity index (χ3n) is 4.53. The summed E-state index contributed by atoms with van der Waals surface area (Å²) in [6, 6.07) is 15.0. The van der Waals surface area contributed by atoms with Gasteiger partial charge in [0.05, 0.1) is 0 Å². The van der Waals surface area contributed by atoms with E-state index in [1.807, 2.05) is 83.1 Å². The molecule has 0 heterocycles. The van der Waals surface area contributed by atoms with E-state index < -0.39 is 6.04 Å². The van der Waals surface area contributed by atoms with Crippen LogP contribution in [0.25, 0.3) is 0 Å². The SMILES string of the molecule is CC[C@@H](C(=O)NC(C)(C)C)N(Cc1ccc(C)cc1)C(=O)COc1ccc(I)cc1. The lowest BCUT2D eigenvalue weighted by Gasteiger charge is -2.33. The molecule has 30 heavy (non-hydrogen) atoms. The van der Waals surface area contributed by atoms with Gasteiger partial charge in [-0.15, -0.1) is 0 Å². The molecule has 2 amide bonds. The average molecular weight is 522 g/mol. The van der Waals surface area contributed by atoms with Crippen LogP contribution < -0.4 is 10.1 Å². The van der Waals surface area contributed by atoms with E-state index in [-0.39, 0.29) is 24.0 Å². The summed E-state index contributed by atoms with van der Waals surface area (Å²) < 4.78 is 6.80. The topological polar surface area (TPSA) is 58.6 Å². The zero-order chi connectivity index (χ0) is 22.3. The van der Waals surface area contributed by atoms with Crippen LogP contribution in [0, 0.1) is 10.5 Å². The molecule has 0 fully saturated rings. The van der Waals surface area contributed by atoms with Gasteiger partial charge >= 0.3 is 0 Å². The molecule has 2 rings (SSSR count). The first kappa shape index (κ1) is 24.2. The van der Waals surface area contributed by atoms with Gasteiger partial charge in [0.1, 0.15) is 11.8 Å². The number of rotatable bonds is 8. The van der Waals surface area contributed by atoms with Gasteiger partial charge in [-0.05, 0) is 86.5 Å². The molecule has 1 atom stereocenters. The van der Waals surface area contributed by atoms with Gasteiger partial charge < -0.3 is 15.0 Å². The van der Waals surface area contributed by atoms with E-state index in [2.05, 4.69) is 27.9 Å². The maximum Gasteiger partial charge on any atom is 0.261 e. The van der Waals surface area contributed by atoms with E-state index in [9.17, 15) is 9.59 Å². The molecule has 0 aliphatic heterocycles. The van der Waals surface area contributed by atoms with Crippen molar-refractivity contribution in [1.29, 1.82) is 0 Å². The highest BCUT2D eigenvalue weighted by Gasteiger charge is 2.30. The lowest BCUT2D eigenvalue weighted by Crippen LogP contribution is -2.54. The number of hydrogen-bond acceptors (Lipinski definition) is 3. The first-order valence-electron chi connectivity index (χ1n) is 10.1. The fourth-order valence-electron chi connectivity index (χ4n) is 3.02. The summed E-state index contributed by atoms with van der Waals surface area (Å²) in [5, 5.41) is 3.01. The third kappa shape index (κ3) is 7.63. The summed E-state index contributed by atoms with van der Waals surface area (Å²) in [4.78, 5) is 27.7. The van der Waals surface area contributed by atoms with Crippen LogP contribution in [0.5, 0.6) is 5.75 Å². The number of carbonyl (C=O) groups is 2. The molecule has 5 nitrogen and oxygen atoms in total. The Morgan fingerprint density at radius 3 is 2.20 bits per heavy atom. The van der Waals surface area contributed by atoms with Gasteiger partial charge in [0, 0.05) is 15.7 Å².